The summed E-state index contributed by atoms with van der Waals surface area (Å²) in [6.45, 7) is 9.94. The normalized spacial score (nSPS) is 11.9. The van der Waals surface area contributed by atoms with Gasteiger partial charge in [-0.2, -0.15) is 0 Å². The Labute approximate surface area is 580 Å². The molecule has 0 fully saturated rings. The van der Waals surface area contributed by atoms with Crippen LogP contribution >= 0.6 is 0 Å². The fraction of sp³-hybridized carbons (Fsp3) is 0.295. The zero-order chi connectivity index (χ0) is 74.1. The van der Waals surface area contributed by atoms with Crippen LogP contribution < -0.4 is 49.9 Å². The van der Waals surface area contributed by atoms with Crippen molar-refractivity contribution in [3.63, 3.8) is 0 Å². The van der Waals surface area contributed by atoms with E-state index in [0.717, 1.165) is 44.6 Å². The fourth-order valence-corrected chi connectivity index (χ4v) is 7.91. The van der Waals surface area contributed by atoms with E-state index in [2.05, 4.69) is 133 Å². The maximum atomic E-state index is 10.8. The smallest absolute Gasteiger partial charge is 0.320 e. The average Bonchev–Trinajstić information content (AvgIpc) is 0.893. The molecule has 41 nitrogen and oxygen atoms in total. The standard InChI is InChI=1S/2C13H16N6O2.C12H15N7O2.C12H13N5O2.C11H13N7O2/c1-8-16-18-13(19-17-8)15-7-10-4-2-9(3-5-10)6-11(14)12(20)21;1-8-16-18-13(19-17-8)15-7-10-4-2-3-9(5-10)6-11(14)12(20)21;1-7-16-18-12(19-17-7)15-6-9-3-2-8(5-14-9)4-10(13)11(20)21;1-7-14-16-11(17-15-7)9-4-2-8(3-5-9)6-10(13)12(18)19;1-6-15-17-11(18-16-6)14-7-2-3-13-8(4-7)5-9(12)10(19)20/h2*2-5,11H,6-7,14H2,1H3,(H,20,21)(H,15,18,19);2-3,5,10H,4,6,13H2,1H3,(H,20,21)(H,15,18,19);2-5,10H,6,13H2,1H3,(H,18,19);2-4,9H,5,12H2,1H3,(H,19,20)(H,13,14,17,18)/t2*11-;10-;;9-/m000.0/s1. The Kier molecular flexibility index (Phi) is 30.6. The number of benzene rings is 3. The number of hydrogen-bond donors (Lipinski definition) is 14. The predicted octanol–water partition coefficient (Wildman–Crippen LogP) is -0.316. The highest BCUT2D eigenvalue weighted by Crippen LogP contribution is 2.17. The van der Waals surface area contributed by atoms with Crippen molar-refractivity contribution in [2.24, 2.45) is 28.7 Å². The number of carboxylic acids is 5. The number of pyridine rings is 2. The van der Waals surface area contributed by atoms with Gasteiger partial charge in [-0.05, 0) is 112 Å². The Morgan fingerprint density at radius 2 is 0.696 bits per heavy atom. The lowest BCUT2D eigenvalue weighted by atomic mass is 10.0. The largest absolute Gasteiger partial charge is 0.480 e. The zero-order valence-corrected chi connectivity index (χ0v) is 55.4. The minimum atomic E-state index is -1.07. The molecule has 102 heavy (non-hydrogen) atoms. The van der Waals surface area contributed by atoms with Crippen LogP contribution in [0.1, 0.15) is 73.9 Å². The number of aromatic nitrogens is 22. The lowest BCUT2D eigenvalue weighted by molar-refractivity contribution is -0.139. The second-order valence-electron chi connectivity index (χ2n) is 21.8. The topological polar surface area (TPSA) is 648 Å². The highest BCUT2D eigenvalue weighted by Gasteiger charge is 2.17. The summed E-state index contributed by atoms with van der Waals surface area (Å²) in [7, 11) is 0. The zero-order valence-electron chi connectivity index (χ0n) is 55.4. The molecule has 41 heteroatoms. The van der Waals surface area contributed by atoms with Gasteiger partial charge in [0.1, 0.15) is 30.2 Å². The van der Waals surface area contributed by atoms with Gasteiger partial charge in [-0.3, -0.25) is 33.9 Å². The molecule has 10 rings (SSSR count). The van der Waals surface area contributed by atoms with Crippen molar-refractivity contribution in [3.05, 3.63) is 183 Å². The Balaban J connectivity index is 0.000000201. The summed E-state index contributed by atoms with van der Waals surface area (Å²) < 4.78 is 0. The Morgan fingerprint density at radius 1 is 0.343 bits per heavy atom. The van der Waals surface area contributed by atoms with Crippen LogP contribution in [0.25, 0.3) is 11.4 Å². The van der Waals surface area contributed by atoms with E-state index in [9.17, 15) is 24.0 Å². The van der Waals surface area contributed by atoms with Gasteiger partial charge < -0.3 is 75.5 Å². The molecule has 0 aliphatic carbocycles. The van der Waals surface area contributed by atoms with Gasteiger partial charge in [0.2, 0.25) is 5.82 Å². The number of anilines is 5. The molecule has 0 saturated heterocycles. The maximum Gasteiger partial charge on any atom is 0.320 e. The van der Waals surface area contributed by atoms with Gasteiger partial charge in [0.15, 0.2) is 29.1 Å². The van der Waals surface area contributed by atoms with Crippen molar-refractivity contribution < 1.29 is 49.5 Å². The Hall–Kier alpha value is -13.0. The van der Waals surface area contributed by atoms with Crippen LogP contribution in [-0.2, 0) is 75.7 Å². The maximum absolute atomic E-state index is 10.8. The van der Waals surface area contributed by atoms with Gasteiger partial charge in [-0.15, -0.1) is 102 Å². The van der Waals surface area contributed by atoms with Gasteiger partial charge in [0.25, 0.3) is 23.8 Å². The second-order valence-corrected chi connectivity index (χ2v) is 21.8. The van der Waals surface area contributed by atoms with E-state index in [-0.39, 0.29) is 31.6 Å². The summed E-state index contributed by atoms with van der Waals surface area (Å²) in [6.07, 6.45) is 4.39. The van der Waals surface area contributed by atoms with Crippen molar-refractivity contribution >= 4 is 59.3 Å². The molecule has 0 aliphatic rings. The molecule has 19 N–H and O–H groups in total. The van der Waals surface area contributed by atoms with Crippen LogP contribution in [0.15, 0.2) is 109 Å². The first-order chi connectivity index (χ1) is 48.7. The molecular formula is C61H73N31O10. The molecule has 0 amide bonds. The van der Waals surface area contributed by atoms with E-state index in [4.69, 9.17) is 54.2 Å². The molecule has 5 atom stereocenters. The first-order valence-corrected chi connectivity index (χ1v) is 30.5. The van der Waals surface area contributed by atoms with E-state index in [1.54, 1.807) is 95.5 Å². The SMILES string of the molecule is Cc1nnc(-c2ccc(CC(N)C(=O)O)cc2)nn1.Cc1nnc(NCc2ccc(C[C@H](N)C(=O)O)cc2)nn1.Cc1nnc(NCc2ccc(C[C@H](N)C(=O)O)cn2)nn1.Cc1nnc(NCc2cccc(C[C@H](N)C(=O)O)c2)nn1.Cc1nnc(Nc2ccnc(C[C@H](N)C(=O)O)c2)nn1. The molecule has 0 aliphatic heterocycles. The van der Waals surface area contributed by atoms with Crippen LogP contribution in [0, 0.1) is 34.6 Å². The van der Waals surface area contributed by atoms with Gasteiger partial charge in [-0.25, -0.2) is 0 Å². The molecule has 0 radical (unpaired) electrons. The highest BCUT2D eigenvalue weighted by molar-refractivity contribution is 5.75. The number of carbonyl (C=O) groups is 5. The molecule has 3 aromatic carbocycles. The summed E-state index contributed by atoms with van der Waals surface area (Å²) in [5, 5.41) is 132. The van der Waals surface area contributed by atoms with Gasteiger partial charge >= 0.3 is 29.8 Å². The predicted molar refractivity (Wildman–Crippen MR) is 360 cm³/mol. The third kappa shape index (κ3) is 28.6. The number of aliphatic carboxylic acids is 5. The minimum Gasteiger partial charge on any atom is -0.480 e. The summed E-state index contributed by atoms with van der Waals surface area (Å²) in [6, 6.07) is 24.5. The summed E-state index contributed by atoms with van der Waals surface area (Å²) in [5.41, 5.74) is 35.5. The molecule has 1 unspecified atom stereocenters. The van der Waals surface area contributed by atoms with E-state index in [1.807, 2.05) is 48.5 Å². The van der Waals surface area contributed by atoms with Gasteiger partial charge in [-0.1, -0.05) is 78.9 Å². The summed E-state index contributed by atoms with van der Waals surface area (Å²) in [5.74, 6) is -0.938. The Bertz CT molecular complexity index is 4150. The van der Waals surface area contributed by atoms with Crippen molar-refractivity contribution in [2.45, 2.75) is 117 Å². The monoisotopic (exact) mass is 1400 g/mol. The number of rotatable bonds is 27. The van der Waals surface area contributed by atoms with E-state index in [1.165, 1.54) is 0 Å². The molecule has 0 saturated carbocycles. The number of hydrogen-bond acceptors (Lipinski definition) is 36. The molecule has 10 aromatic rings. The van der Waals surface area contributed by atoms with Crippen molar-refractivity contribution in [3.8, 4) is 11.4 Å². The minimum absolute atomic E-state index is 0.135. The number of aryl methyl sites for hydroxylation is 5. The first-order valence-electron chi connectivity index (χ1n) is 30.5. The second kappa shape index (κ2) is 40.0. The van der Waals surface area contributed by atoms with Crippen LogP contribution in [0.5, 0.6) is 0 Å². The van der Waals surface area contributed by atoms with E-state index < -0.39 is 60.1 Å². The number of nitrogens with two attached hydrogens (primary N) is 5. The lowest BCUT2D eigenvalue weighted by Crippen LogP contribution is -2.32. The van der Waals surface area contributed by atoms with Crippen molar-refractivity contribution in [2.75, 3.05) is 21.3 Å². The quantitative estimate of drug-likeness (QED) is 0.0314. The summed E-state index contributed by atoms with van der Waals surface area (Å²) >= 11 is 0. The van der Waals surface area contributed by atoms with Crippen LogP contribution in [-0.4, -0.2) is 198 Å². The first kappa shape index (κ1) is 78.0. The van der Waals surface area contributed by atoms with Gasteiger partial charge in [0, 0.05) is 48.8 Å². The fourth-order valence-electron chi connectivity index (χ4n) is 7.91. The molecule has 532 valence electrons. The van der Waals surface area contributed by atoms with E-state index in [0.29, 0.717) is 90.2 Å². The van der Waals surface area contributed by atoms with Gasteiger partial charge in [0.05, 0.1) is 12.2 Å². The Morgan fingerprint density at radius 3 is 1.13 bits per heavy atom. The van der Waals surface area contributed by atoms with Crippen LogP contribution in [0.2, 0.25) is 0 Å². The molecule has 7 aromatic heterocycles. The third-order valence-corrected chi connectivity index (χ3v) is 13.2. The summed E-state index contributed by atoms with van der Waals surface area (Å²) in [4.78, 5) is 61.8. The third-order valence-electron chi connectivity index (χ3n) is 13.2. The lowest BCUT2D eigenvalue weighted by Gasteiger charge is -2.09. The van der Waals surface area contributed by atoms with Crippen molar-refractivity contribution in [1.29, 1.82) is 0 Å². The van der Waals surface area contributed by atoms with Crippen LogP contribution in [0.4, 0.5) is 29.5 Å². The van der Waals surface area contributed by atoms with Crippen molar-refractivity contribution in [1.82, 2.24) is 112 Å². The number of nitrogens with one attached hydrogen (secondary N) is 4. The number of nitrogens with zero attached hydrogens (tertiary/aromatic N) is 22. The highest BCUT2D eigenvalue weighted by atomic mass is 16.4. The molecule has 0 bridgehead atoms. The average molecular weight is 1400 g/mol. The number of carboxylic acid groups (broad SMARTS) is 5. The molecular weight excluding hydrogens is 1330 g/mol. The molecule has 7 heterocycles. The van der Waals surface area contributed by atoms with Crippen LogP contribution in [0.3, 0.4) is 0 Å². The molecule has 0 spiro atoms. The van der Waals surface area contributed by atoms with E-state index >= 15 is 0 Å².